The Morgan fingerprint density at radius 3 is 2.73 bits per heavy atom. The standard InChI is InChI=1S/C16H12Cl2N2O2/c1-10-3-2-4-12(7-10)21-9-15-19-20-16(22-15)13-6-5-11(17)8-14(13)18/h2-8H,9H2,1H3. The third kappa shape index (κ3) is 3.40. The molecular weight excluding hydrogens is 323 g/mol. The fraction of sp³-hybridized carbons (Fsp3) is 0.125. The van der Waals surface area contributed by atoms with E-state index in [1.807, 2.05) is 31.2 Å². The van der Waals surface area contributed by atoms with Crippen molar-refractivity contribution < 1.29 is 9.15 Å². The van der Waals surface area contributed by atoms with E-state index in [4.69, 9.17) is 32.4 Å². The fourth-order valence-electron chi connectivity index (χ4n) is 1.93. The van der Waals surface area contributed by atoms with Gasteiger partial charge in [0, 0.05) is 5.02 Å². The fourth-order valence-corrected chi connectivity index (χ4v) is 2.42. The normalized spacial score (nSPS) is 10.7. The smallest absolute Gasteiger partial charge is 0.254 e. The minimum Gasteiger partial charge on any atom is -0.484 e. The summed E-state index contributed by atoms with van der Waals surface area (Å²) in [7, 11) is 0. The Labute approximate surface area is 137 Å². The molecule has 112 valence electrons. The van der Waals surface area contributed by atoms with Crippen LogP contribution in [-0.2, 0) is 6.61 Å². The molecule has 0 saturated heterocycles. The molecule has 6 heteroatoms. The van der Waals surface area contributed by atoms with Gasteiger partial charge in [-0.2, -0.15) is 0 Å². The van der Waals surface area contributed by atoms with Gasteiger partial charge in [0.05, 0.1) is 10.6 Å². The number of aromatic nitrogens is 2. The number of hydrogen-bond donors (Lipinski definition) is 0. The average Bonchev–Trinajstić information content (AvgIpc) is 2.94. The van der Waals surface area contributed by atoms with Gasteiger partial charge in [0.1, 0.15) is 5.75 Å². The van der Waals surface area contributed by atoms with Crippen LogP contribution in [0, 0.1) is 6.92 Å². The van der Waals surface area contributed by atoms with E-state index in [0.29, 0.717) is 27.4 Å². The van der Waals surface area contributed by atoms with E-state index in [1.165, 1.54) is 0 Å². The lowest BCUT2D eigenvalue weighted by atomic mass is 10.2. The van der Waals surface area contributed by atoms with E-state index in [1.54, 1.807) is 18.2 Å². The molecule has 2 aromatic carbocycles. The number of nitrogens with zero attached hydrogens (tertiary/aromatic N) is 2. The van der Waals surface area contributed by atoms with Crippen molar-refractivity contribution in [2.45, 2.75) is 13.5 Å². The third-order valence-electron chi connectivity index (χ3n) is 2.98. The Morgan fingerprint density at radius 1 is 1.09 bits per heavy atom. The lowest BCUT2D eigenvalue weighted by molar-refractivity contribution is 0.264. The summed E-state index contributed by atoms with van der Waals surface area (Å²) in [6, 6.07) is 12.8. The zero-order valence-corrected chi connectivity index (χ0v) is 13.2. The van der Waals surface area contributed by atoms with Gasteiger partial charge in [-0.25, -0.2) is 0 Å². The van der Waals surface area contributed by atoms with E-state index in [0.717, 1.165) is 11.3 Å². The molecule has 4 nitrogen and oxygen atoms in total. The molecule has 0 fully saturated rings. The highest BCUT2D eigenvalue weighted by Gasteiger charge is 2.12. The summed E-state index contributed by atoms with van der Waals surface area (Å²) in [5.74, 6) is 1.47. The topological polar surface area (TPSA) is 48.2 Å². The van der Waals surface area contributed by atoms with Crippen molar-refractivity contribution in [3.8, 4) is 17.2 Å². The van der Waals surface area contributed by atoms with E-state index in [-0.39, 0.29) is 6.61 Å². The molecule has 0 unspecified atom stereocenters. The highest BCUT2D eigenvalue weighted by atomic mass is 35.5. The largest absolute Gasteiger partial charge is 0.484 e. The second-order valence-corrected chi connectivity index (χ2v) is 5.57. The Bertz CT molecular complexity index is 802. The molecule has 0 atom stereocenters. The van der Waals surface area contributed by atoms with Crippen molar-refractivity contribution in [1.82, 2.24) is 10.2 Å². The van der Waals surface area contributed by atoms with Crippen LogP contribution in [0.5, 0.6) is 5.75 Å². The molecular formula is C16H12Cl2N2O2. The molecule has 0 aliphatic carbocycles. The van der Waals surface area contributed by atoms with Crippen LogP contribution in [0.3, 0.4) is 0 Å². The number of ether oxygens (including phenoxy) is 1. The Morgan fingerprint density at radius 2 is 1.95 bits per heavy atom. The predicted octanol–water partition coefficient (Wildman–Crippen LogP) is 4.93. The third-order valence-corrected chi connectivity index (χ3v) is 3.53. The van der Waals surface area contributed by atoms with E-state index in [2.05, 4.69) is 10.2 Å². The first-order valence-corrected chi connectivity index (χ1v) is 7.35. The molecule has 1 aromatic heterocycles. The molecule has 3 aromatic rings. The maximum atomic E-state index is 6.12. The van der Waals surface area contributed by atoms with Crippen molar-refractivity contribution in [3.63, 3.8) is 0 Å². The van der Waals surface area contributed by atoms with Gasteiger partial charge in [0.25, 0.3) is 5.89 Å². The minimum absolute atomic E-state index is 0.196. The second kappa shape index (κ2) is 6.38. The van der Waals surface area contributed by atoms with Gasteiger partial charge in [-0.15, -0.1) is 10.2 Å². The van der Waals surface area contributed by atoms with E-state index >= 15 is 0 Å². The van der Waals surface area contributed by atoms with Gasteiger partial charge in [0.2, 0.25) is 5.89 Å². The lowest BCUT2D eigenvalue weighted by Crippen LogP contribution is -1.95. The number of rotatable bonds is 4. The maximum Gasteiger partial charge on any atom is 0.254 e. The van der Waals surface area contributed by atoms with Crippen molar-refractivity contribution >= 4 is 23.2 Å². The van der Waals surface area contributed by atoms with Crippen molar-refractivity contribution in [3.05, 3.63) is 64.0 Å². The van der Waals surface area contributed by atoms with Crippen LogP contribution in [0.1, 0.15) is 11.5 Å². The van der Waals surface area contributed by atoms with E-state index in [9.17, 15) is 0 Å². The van der Waals surface area contributed by atoms with Crippen LogP contribution in [0.25, 0.3) is 11.5 Å². The monoisotopic (exact) mass is 334 g/mol. The Hall–Kier alpha value is -2.04. The summed E-state index contributed by atoms with van der Waals surface area (Å²) >= 11 is 12.0. The van der Waals surface area contributed by atoms with Crippen molar-refractivity contribution in [1.29, 1.82) is 0 Å². The first-order valence-electron chi connectivity index (χ1n) is 6.59. The van der Waals surface area contributed by atoms with Gasteiger partial charge in [-0.05, 0) is 42.8 Å². The van der Waals surface area contributed by atoms with Crippen LogP contribution in [0.2, 0.25) is 10.0 Å². The first kappa shape index (κ1) is 14.9. The van der Waals surface area contributed by atoms with Crippen LogP contribution < -0.4 is 4.74 Å². The molecule has 3 rings (SSSR count). The SMILES string of the molecule is Cc1cccc(OCc2nnc(-c3ccc(Cl)cc3Cl)o2)c1. The average molecular weight is 335 g/mol. The number of benzene rings is 2. The lowest BCUT2D eigenvalue weighted by Gasteiger charge is -2.03. The van der Waals surface area contributed by atoms with Crippen LogP contribution >= 0.6 is 23.2 Å². The summed E-state index contributed by atoms with van der Waals surface area (Å²) in [5.41, 5.74) is 1.76. The molecule has 0 radical (unpaired) electrons. The summed E-state index contributed by atoms with van der Waals surface area (Å²) in [4.78, 5) is 0. The van der Waals surface area contributed by atoms with Gasteiger partial charge in [-0.3, -0.25) is 0 Å². The summed E-state index contributed by atoms with van der Waals surface area (Å²) in [6.07, 6.45) is 0. The minimum atomic E-state index is 0.196. The molecule has 0 saturated carbocycles. The second-order valence-electron chi connectivity index (χ2n) is 4.73. The Balaban J connectivity index is 1.73. The molecule has 0 N–H and O–H groups in total. The quantitative estimate of drug-likeness (QED) is 0.678. The zero-order chi connectivity index (χ0) is 15.5. The molecule has 0 amide bonds. The molecule has 0 bridgehead atoms. The van der Waals surface area contributed by atoms with E-state index < -0.39 is 0 Å². The summed E-state index contributed by atoms with van der Waals surface area (Å²) in [6.45, 7) is 2.20. The van der Waals surface area contributed by atoms with Crippen molar-refractivity contribution in [2.24, 2.45) is 0 Å². The molecule has 22 heavy (non-hydrogen) atoms. The van der Waals surface area contributed by atoms with Gasteiger partial charge in [0.15, 0.2) is 6.61 Å². The predicted molar refractivity (Wildman–Crippen MR) is 85.3 cm³/mol. The number of hydrogen-bond acceptors (Lipinski definition) is 4. The molecule has 1 heterocycles. The zero-order valence-electron chi connectivity index (χ0n) is 11.7. The highest BCUT2D eigenvalue weighted by molar-refractivity contribution is 6.36. The van der Waals surface area contributed by atoms with Crippen LogP contribution in [-0.4, -0.2) is 10.2 Å². The van der Waals surface area contributed by atoms with Gasteiger partial charge >= 0.3 is 0 Å². The summed E-state index contributed by atoms with van der Waals surface area (Å²) < 4.78 is 11.2. The highest BCUT2D eigenvalue weighted by Crippen LogP contribution is 2.29. The number of halogens is 2. The van der Waals surface area contributed by atoms with Crippen LogP contribution in [0.4, 0.5) is 0 Å². The van der Waals surface area contributed by atoms with Gasteiger partial charge < -0.3 is 9.15 Å². The summed E-state index contributed by atoms with van der Waals surface area (Å²) in [5, 5.41) is 8.96. The van der Waals surface area contributed by atoms with Crippen molar-refractivity contribution in [2.75, 3.05) is 0 Å². The Kier molecular flexibility index (Phi) is 4.32. The number of aryl methyl sites for hydroxylation is 1. The molecule has 0 spiro atoms. The van der Waals surface area contributed by atoms with Gasteiger partial charge in [-0.1, -0.05) is 35.3 Å². The first-order chi connectivity index (χ1) is 10.6. The van der Waals surface area contributed by atoms with Crippen LogP contribution in [0.15, 0.2) is 46.9 Å². The maximum absolute atomic E-state index is 6.12. The molecule has 0 aliphatic heterocycles. The molecule has 0 aliphatic rings.